The maximum absolute atomic E-state index is 4.29. The fourth-order valence-corrected chi connectivity index (χ4v) is 2.62. The van der Waals surface area contributed by atoms with Crippen LogP contribution in [0.4, 0.5) is 0 Å². The first kappa shape index (κ1) is 12.4. The van der Waals surface area contributed by atoms with Gasteiger partial charge in [0.25, 0.3) is 0 Å². The molecular formula is C14H18N2S. The fraction of sp³-hybridized carbons (Fsp3) is 0.429. The predicted molar refractivity (Wildman–Crippen MR) is 77.3 cm³/mol. The molecule has 1 heterocycles. The van der Waals surface area contributed by atoms with Crippen molar-refractivity contribution in [1.29, 1.82) is 0 Å². The van der Waals surface area contributed by atoms with Crippen LogP contribution in [0.1, 0.15) is 30.5 Å². The minimum atomic E-state index is 0.748. The Morgan fingerprint density at radius 3 is 2.24 bits per heavy atom. The Labute approximate surface area is 107 Å². The van der Waals surface area contributed by atoms with E-state index in [-0.39, 0.29) is 0 Å². The van der Waals surface area contributed by atoms with Crippen LogP contribution in [0.5, 0.6) is 0 Å². The number of thioether (sulfide) groups is 1. The summed E-state index contributed by atoms with van der Waals surface area (Å²) in [5, 5.41) is 0.921. The average molecular weight is 246 g/mol. The molecule has 1 aromatic rings. The summed E-state index contributed by atoms with van der Waals surface area (Å²) in [6.45, 7) is 5.16. The van der Waals surface area contributed by atoms with Gasteiger partial charge in [-0.3, -0.25) is 4.99 Å². The highest BCUT2D eigenvalue weighted by molar-refractivity contribution is 8.13. The van der Waals surface area contributed by atoms with Gasteiger partial charge in [-0.15, -0.1) is 0 Å². The van der Waals surface area contributed by atoms with Crippen molar-refractivity contribution in [3.8, 4) is 0 Å². The van der Waals surface area contributed by atoms with Gasteiger partial charge < -0.3 is 0 Å². The molecule has 0 unspecified atom stereocenters. The molecule has 0 aliphatic carbocycles. The van der Waals surface area contributed by atoms with Crippen LogP contribution in [0, 0.1) is 0 Å². The maximum Gasteiger partial charge on any atom is 0.183 e. The summed E-state index contributed by atoms with van der Waals surface area (Å²) < 4.78 is 0. The Morgan fingerprint density at radius 1 is 1.06 bits per heavy atom. The van der Waals surface area contributed by atoms with E-state index in [0.717, 1.165) is 30.3 Å². The van der Waals surface area contributed by atoms with E-state index < -0.39 is 0 Å². The van der Waals surface area contributed by atoms with Crippen LogP contribution in [0.15, 0.2) is 28.2 Å². The van der Waals surface area contributed by atoms with Gasteiger partial charge in [0.15, 0.2) is 5.17 Å². The summed E-state index contributed by atoms with van der Waals surface area (Å²) in [5.41, 5.74) is 4.24. The molecule has 0 atom stereocenters. The zero-order valence-corrected chi connectivity index (χ0v) is 11.3. The van der Waals surface area contributed by atoms with Crippen molar-refractivity contribution in [2.24, 2.45) is 9.98 Å². The molecule has 2 rings (SSSR count). The lowest BCUT2D eigenvalue weighted by atomic mass is 10.0. The molecule has 0 saturated carbocycles. The smallest absolute Gasteiger partial charge is 0.183 e. The normalized spacial score (nSPS) is 14.1. The summed E-state index contributed by atoms with van der Waals surface area (Å²) in [5.74, 6) is 0.969. The fourth-order valence-electron chi connectivity index (χ4n) is 1.84. The predicted octanol–water partition coefficient (Wildman–Crippen LogP) is 3.49. The van der Waals surface area contributed by atoms with Crippen LogP contribution in [0.3, 0.4) is 0 Å². The second-order valence-corrected chi connectivity index (χ2v) is 5.03. The number of amidine groups is 1. The zero-order valence-electron chi connectivity index (χ0n) is 10.4. The molecule has 0 radical (unpaired) electrons. The lowest BCUT2D eigenvalue weighted by molar-refractivity contribution is 1.07. The van der Waals surface area contributed by atoms with Crippen LogP contribution >= 0.6 is 11.8 Å². The van der Waals surface area contributed by atoms with Crippen molar-refractivity contribution in [3.05, 3.63) is 34.9 Å². The number of hydrogen-bond donors (Lipinski definition) is 0. The van der Waals surface area contributed by atoms with Crippen LogP contribution in [0.2, 0.25) is 0 Å². The number of benzene rings is 1. The summed E-state index contributed by atoms with van der Waals surface area (Å²) in [7, 11) is 0. The van der Waals surface area contributed by atoms with E-state index in [4.69, 9.17) is 0 Å². The molecule has 1 aliphatic rings. The number of aryl methyl sites for hydroxylation is 2. The zero-order chi connectivity index (χ0) is 12.1. The third kappa shape index (κ3) is 3.43. The molecule has 2 nitrogen and oxygen atoms in total. The van der Waals surface area contributed by atoms with Gasteiger partial charge in [-0.25, -0.2) is 4.99 Å². The Bertz CT molecular complexity index is 427. The molecule has 0 bridgehead atoms. The van der Waals surface area contributed by atoms with Gasteiger partial charge in [-0.2, -0.15) is 0 Å². The van der Waals surface area contributed by atoms with Gasteiger partial charge in [0.2, 0.25) is 0 Å². The van der Waals surface area contributed by atoms with Gasteiger partial charge in [0, 0.05) is 12.0 Å². The quantitative estimate of drug-likeness (QED) is 0.798. The van der Waals surface area contributed by atoms with Crippen molar-refractivity contribution < 1.29 is 0 Å². The SMILES string of the molecule is CCc1cc(CC)cc(CSC2=NCC=N2)c1. The Kier molecular flexibility index (Phi) is 4.37. The summed E-state index contributed by atoms with van der Waals surface area (Å²) in [4.78, 5) is 8.52. The minimum Gasteiger partial charge on any atom is -0.255 e. The molecule has 3 heteroatoms. The van der Waals surface area contributed by atoms with E-state index in [2.05, 4.69) is 42.0 Å². The molecule has 17 heavy (non-hydrogen) atoms. The van der Waals surface area contributed by atoms with Gasteiger partial charge in [0.05, 0.1) is 6.54 Å². The molecular weight excluding hydrogens is 228 g/mol. The molecule has 1 aromatic carbocycles. The largest absolute Gasteiger partial charge is 0.255 e. The lowest BCUT2D eigenvalue weighted by Crippen LogP contribution is -1.92. The molecule has 90 valence electrons. The van der Waals surface area contributed by atoms with Crippen LogP contribution < -0.4 is 0 Å². The highest BCUT2D eigenvalue weighted by atomic mass is 32.2. The van der Waals surface area contributed by atoms with Crippen molar-refractivity contribution in [1.82, 2.24) is 0 Å². The van der Waals surface area contributed by atoms with Crippen LogP contribution in [0.25, 0.3) is 0 Å². The molecule has 0 spiro atoms. The summed E-state index contributed by atoms with van der Waals surface area (Å²) >= 11 is 1.73. The highest BCUT2D eigenvalue weighted by Crippen LogP contribution is 2.19. The molecule has 0 saturated heterocycles. The van der Waals surface area contributed by atoms with Crippen molar-refractivity contribution in [2.75, 3.05) is 6.54 Å². The van der Waals surface area contributed by atoms with Crippen molar-refractivity contribution in [2.45, 2.75) is 32.4 Å². The minimum absolute atomic E-state index is 0.748. The number of hydrogen-bond acceptors (Lipinski definition) is 3. The second kappa shape index (κ2) is 6.01. The van der Waals surface area contributed by atoms with Crippen molar-refractivity contribution >= 4 is 23.1 Å². The van der Waals surface area contributed by atoms with Crippen LogP contribution in [-0.4, -0.2) is 17.9 Å². The average Bonchev–Trinajstić information content (AvgIpc) is 2.89. The first-order valence-corrected chi connectivity index (χ1v) is 7.12. The van der Waals surface area contributed by atoms with Gasteiger partial charge in [-0.1, -0.05) is 43.8 Å². The van der Waals surface area contributed by atoms with E-state index in [0.29, 0.717) is 0 Å². The highest BCUT2D eigenvalue weighted by Gasteiger charge is 2.04. The molecule has 0 aromatic heterocycles. The molecule has 1 aliphatic heterocycles. The van der Waals surface area contributed by atoms with E-state index in [1.807, 2.05) is 6.21 Å². The monoisotopic (exact) mass is 246 g/mol. The molecule has 0 fully saturated rings. The van der Waals surface area contributed by atoms with E-state index in [1.165, 1.54) is 16.7 Å². The topological polar surface area (TPSA) is 24.7 Å². The standard InChI is InChI=1S/C14H18N2S/c1-3-11-7-12(4-2)9-13(8-11)10-17-14-15-5-6-16-14/h5,7-9H,3-4,6,10H2,1-2H3. The summed E-state index contributed by atoms with van der Waals surface area (Å²) in [6, 6.07) is 6.90. The third-order valence-corrected chi connectivity index (χ3v) is 3.78. The lowest BCUT2D eigenvalue weighted by Gasteiger charge is -2.07. The Morgan fingerprint density at radius 2 is 1.71 bits per heavy atom. The maximum atomic E-state index is 4.29. The number of rotatable bonds is 4. The Hall–Kier alpha value is -1.09. The molecule has 0 N–H and O–H groups in total. The Balaban J connectivity index is 2.06. The van der Waals surface area contributed by atoms with Crippen molar-refractivity contribution in [3.63, 3.8) is 0 Å². The summed E-state index contributed by atoms with van der Waals surface area (Å²) in [6.07, 6.45) is 4.07. The molecule has 0 amide bonds. The number of nitrogens with zero attached hydrogens (tertiary/aromatic N) is 2. The number of aliphatic imine (C=N–C) groups is 2. The second-order valence-electron chi connectivity index (χ2n) is 4.09. The van der Waals surface area contributed by atoms with E-state index in [1.54, 1.807) is 11.8 Å². The van der Waals surface area contributed by atoms with Crippen LogP contribution in [-0.2, 0) is 18.6 Å². The van der Waals surface area contributed by atoms with Gasteiger partial charge in [-0.05, 0) is 29.5 Å². The van der Waals surface area contributed by atoms with Gasteiger partial charge in [0.1, 0.15) is 0 Å². The first-order chi connectivity index (χ1) is 8.31. The van der Waals surface area contributed by atoms with Gasteiger partial charge >= 0.3 is 0 Å². The van der Waals surface area contributed by atoms with E-state index >= 15 is 0 Å². The third-order valence-electron chi connectivity index (χ3n) is 2.81. The first-order valence-electron chi connectivity index (χ1n) is 6.13. The van der Waals surface area contributed by atoms with E-state index in [9.17, 15) is 0 Å².